The summed E-state index contributed by atoms with van der Waals surface area (Å²) in [6.45, 7) is 11.3. The number of allylic oxidation sites excluding steroid dienone is 2. The first-order valence-corrected chi connectivity index (χ1v) is 34.2. The molecule has 28 heteroatoms. The Hall–Kier alpha value is -7.92. The van der Waals surface area contributed by atoms with Gasteiger partial charge in [0, 0.05) is 42.5 Å². The standard InChI is InChI=1S/C69H107N13O15/c1-40(61(71)91)34-72-42(3)57(87)58(88)43(4)77-62(92)44(5)78-63(93)45(6)79-64(94)46(7)80-67(97)69(9)31-22-18-16-14-12-10-11-13-15-17-21-30-68(8,76-35-41(2)84)55(85)38-75-53(33-48-36-73-51-27-20-19-26-50(48)51)66(96)81-54(39-83)60(90)59(89)52(28-29-56(70)86)74-37-49(65(95)82-69)32-47-24-23-25-47/h14,16,19-20,26-27,36,40,42-47,49,52-54,72-76,83H,10-13,15,17-18,21-25,28-35,37-39H2,1-9H3,(H2,70,86)(H2,71,91)(H,77,92)(H,78,93)(H,79,94)(H,80,97)(H,81,96)(H,82,95)/b16-14+/t40-,42-,43-,44?,45-,46?,49+,52-,53-,54-,68+,69-/m0/s1. The maximum atomic E-state index is 14.8. The van der Waals surface area contributed by atoms with Gasteiger partial charge < -0.3 is 64.1 Å². The Balaban J connectivity index is 1.58. The maximum Gasteiger partial charge on any atom is 0.246 e. The third-order valence-electron chi connectivity index (χ3n) is 18.4. The molecular formula is C69H107N13O15. The lowest BCUT2D eigenvalue weighted by Crippen LogP contribution is -2.62. The Morgan fingerprint density at radius 1 is 0.660 bits per heavy atom. The fourth-order valence-corrected chi connectivity index (χ4v) is 11.4. The van der Waals surface area contributed by atoms with E-state index in [-0.39, 0.29) is 75.8 Å². The molecule has 8 amide bonds. The average molecular weight is 1360 g/mol. The van der Waals surface area contributed by atoms with Crippen LogP contribution < -0.4 is 64.6 Å². The zero-order valence-electron chi connectivity index (χ0n) is 58.0. The number of amides is 8. The van der Waals surface area contributed by atoms with Crippen LogP contribution in [0.1, 0.15) is 177 Å². The van der Waals surface area contributed by atoms with Gasteiger partial charge >= 0.3 is 0 Å². The van der Waals surface area contributed by atoms with Gasteiger partial charge in [-0.25, -0.2) is 0 Å². The number of primary amides is 2. The second-order valence-electron chi connectivity index (χ2n) is 26.9. The molecule has 1 aliphatic carbocycles. The van der Waals surface area contributed by atoms with Crippen LogP contribution in [0, 0.1) is 17.8 Å². The lowest BCUT2D eigenvalue weighted by atomic mass is 9.78. The van der Waals surface area contributed by atoms with E-state index >= 15 is 0 Å². The van der Waals surface area contributed by atoms with Gasteiger partial charge in [0.05, 0.1) is 55.3 Å². The van der Waals surface area contributed by atoms with Gasteiger partial charge in [-0.3, -0.25) is 77.8 Å². The van der Waals surface area contributed by atoms with Crippen LogP contribution in [0.5, 0.6) is 0 Å². The monoisotopic (exact) mass is 1360 g/mol. The zero-order valence-corrected chi connectivity index (χ0v) is 58.0. The van der Waals surface area contributed by atoms with Crippen LogP contribution >= 0.6 is 0 Å². The third-order valence-corrected chi connectivity index (χ3v) is 18.4. The highest BCUT2D eigenvalue weighted by molar-refractivity contribution is 6.41. The molecule has 0 spiro atoms. The minimum atomic E-state index is -1.81. The number of hydrogen-bond donors (Lipinski definition) is 14. The molecule has 1 aromatic heterocycles. The van der Waals surface area contributed by atoms with E-state index in [1.807, 2.05) is 30.3 Å². The Kier molecular flexibility index (Phi) is 33.7. The van der Waals surface area contributed by atoms with Crippen molar-refractivity contribution in [1.29, 1.82) is 0 Å². The number of Topliss-reactive ketones (excluding diaryl/α,β-unsaturated/α-hetero) is 6. The van der Waals surface area contributed by atoms with E-state index in [0.717, 1.165) is 68.7 Å². The van der Waals surface area contributed by atoms with Crippen molar-refractivity contribution in [3.63, 3.8) is 0 Å². The van der Waals surface area contributed by atoms with E-state index in [1.54, 1.807) is 20.0 Å². The summed E-state index contributed by atoms with van der Waals surface area (Å²) in [5.74, 6) is -12.2. The summed E-state index contributed by atoms with van der Waals surface area (Å²) in [6.07, 6.45) is 15.1. The number of carbonyl (C=O) groups is 14. The van der Waals surface area contributed by atoms with Crippen LogP contribution in [0.3, 0.4) is 0 Å². The molecule has 538 valence electrons. The second kappa shape index (κ2) is 40.1. The van der Waals surface area contributed by atoms with Gasteiger partial charge in [-0.2, -0.15) is 0 Å². The summed E-state index contributed by atoms with van der Waals surface area (Å²) < 4.78 is 0. The van der Waals surface area contributed by atoms with Gasteiger partial charge in [0.15, 0.2) is 5.78 Å². The normalized spacial score (nSPS) is 24.4. The molecule has 1 saturated carbocycles. The van der Waals surface area contributed by atoms with Crippen molar-refractivity contribution >= 4 is 92.9 Å². The Morgan fingerprint density at radius 3 is 1.84 bits per heavy atom. The molecule has 2 aliphatic rings. The number of nitrogens with two attached hydrogens (primary N) is 2. The fraction of sp³-hybridized carbons (Fsp3) is 0.652. The van der Waals surface area contributed by atoms with Crippen LogP contribution in [-0.2, 0) is 73.5 Å². The molecule has 28 nitrogen and oxygen atoms in total. The molecule has 16 N–H and O–H groups in total. The number of benzene rings is 1. The van der Waals surface area contributed by atoms with Gasteiger partial charge in [0.25, 0.3) is 0 Å². The number of fused-ring (bicyclic) bond motifs is 1. The largest absolute Gasteiger partial charge is 0.394 e. The summed E-state index contributed by atoms with van der Waals surface area (Å²) >= 11 is 0. The van der Waals surface area contributed by atoms with Gasteiger partial charge in [-0.05, 0) is 131 Å². The first-order chi connectivity index (χ1) is 45.8. The average Bonchev–Trinajstić information content (AvgIpc) is 1.78. The smallest absolute Gasteiger partial charge is 0.246 e. The lowest BCUT2D eigenvalue weighted by molar-refractivity contribution is -0.141. The van der Waals surface area contributed by atoms with Crippen LogP contribution in [-0.4, -0.2) is 184 Å². The van der Waals surface area contributed by atoms with Crippen molar-refractivity contribution in [2.45, 2.75) is 237 Å². The van der Waals surface area contributed by atoms with Gasteiger partial charge in [0.1, 0.15) is 35.5 Å². The highest BCUT2D eigenvalue weighted by atomic mass is 16.3. The van der Waals surface area contributed by atoms with Gasteiger partial charge in [-0.1, -0.05) is 88.6 Å². The van der Waals surface area contributed by atoms with Crippen molar-refractivity contribution in [2.75, 3.05) is 32.8 Å². The number of ketones is 6. The quantitative estimate of drug-likeness (QED) is 0.0458. The third kappa shape index (κ3) is 26.5. The number of aromatic amines is 1. The van der Waals surface area contributed by atoms with Gasteiger partial charge in [0.2, 0.25) is 70.4 Å². The molecule has 0 saturated heterocycles. The van der Waals surface area contributed by atoms with Crippen molar-refractivity contribution in [1.82, 2.24) is 58.2 Å². The molecule has 1 aliphatic heterocycles. The van der Waals surface area contributed by atoms with Crippen molar-refractivity contribution in [3.05, 3.63) is 48.2 Å². The SMILES string of the molecule is CC(=O)CN[C@]1(C)CCCCCCCC/C=C/CCC[C@@](C)(C(=O)NC(C)C(=O)N[C@@H](C)C(=O)NC(C)C(=O)N[C@@H](C)C(=O)C(=O)[C@H](C)NC[C@H](C)C(N)=O)NC(=O)[C@H](CC2CCC2)CN[C@@H](CCC(N)=O)C(=O)C(=O)[C@H](CO)NC(=O)[C@H](Cc2c[nH]c3ccccc23)NCC1=O. The number of para-hydroxylation sites is 1. The van der Waals surface area contributed by atoms with Crippen molar-refractivity contribution < 1.29 is 72.2 Å². The molecule has 2 unspecified atom stereocenters. The Labute approximate surface area is 568 Å². The molecular weight excluding hydrogens is 1250 g/mol. The number of aliphatic hydroxyl groups excluding tert-OH is 1. The predicted molar refractivity (Wildman–Crippen MR) is 363 cm³/mol. The highest BCUT2D eigenvalue weighted by Crippen LogP contribution is 2.33. The molecule has 1 aromatic carbocycles. The zero-order chi connectivity index (χ0) is 72.2. The van der Waals surface area contributed by atoms with Gasteiger partial charge in [-0.15, -0.1) is 0 Å². The minimum absolute atomic E-state index is 0.00827. The van der Waals surface area contributed by atoms with Crippen LogP contribution in [0.25, 0.3) is 10.9 Å². The number of rotatable bonds is 26. The minimum Gasteiger partial charge on any atom is -0.394 e. The molecule has 2 aromatic rings. The molecule has 1 fully saturated rings. The summed E-state index contributed by atoms with van der Waals surface area (Å²) in [5, 5.41) is 39.1. The lowest BCUT2D eigenvalue weighted by Gasteiger charge is -2.35. The van der Waals surface area contributed by atoms with Crippen molar-refractivity contribution in [3.8, 4) is 0 Å². The van der Waals surface area contributed by atoms with Crippen LogP contribution in [0.4, 0.5) is 0 Å². The van der Waals surface area contributed by atoms with Crippen LogP contribution in [0.15, 0.2) is 42.6 Å². The first-order valence-electron chi connectivity index (χ1n) is 34.2. The number of aliphatic hydroxyl groups is 1. The summed E-state index contributed by atoms with van der Waals surface area (Å²) in [5.41, 5.74) is 9.45. The van der Waals surface area contributed by atoms with Crippen LogP contribution in [0.2, 0.25) is 0 Å². The topological polar surface area (TPSA) is 447 Å². The molecule has 4 rings (SSSR count). The second-order valence-corrected chi connectivity index (χ2v) is 26.9. The number of carbonyl (C=O) groups excluding carboxylic acids is 14. The van der Waals surface area contributed by atoms with E-state index < -0.39 is 148 Å². The molecule has 97 heavy (non-hydrogen) atoms. The van der Waals surface area contributed by atoms with E-state index in [0.29, 0.717) is 31.2 Å². The Bertz CT molecular complexity index is 3130. The Morgan fingerprint density at radius 2 is 1.24 bits per heavy atom. The predicted octanol–water partition coefficient (Wildman–Crippen LogP) is 0.813. The summed E-state index contributed by atoms with van der Waals surface area (Å²) in [6, 6.07) is -3.23. The maximum absolute atomic E-state index is 14.8. The fourth-order valence-electron chi connectivity index (χ4n) is 11.4. The number of aromatic nitrogens is 1. The van der Waals surface area contributed by atoms with E-state index in [1.165, 1.54) is 48.5 Å². The molecule has 0 bridgehead atoms. The summed E-state index contributed by atoms with van der Waals surface area (Å²) in [4.78, 5) is 192. The van der Waals surface area contributed by atoms with E-state index in [9.17, 15) is 72.2 Å². The van der Waals surface area contributed by atoms with E-state index in [2.05, 4.69) is 64.2 Å². The molecule has 2 heterocycles. The van der Waals surface area contributed by atoms with E-state index in [4.69, 9.17) is 11.5 Å². The van der Waals surface area contributed by atoms with Crippen molar-refractivity contribution in [2.24, 2.45) is 29.2 Å². The highest BCUT2D eigenvalue weighted by Gasteiger charge is 2.41. The molecule has 12 atom stereocenters. The number of nitrogens with one attached hydrogen (secondary N) is 11. The summed E-state index contributed by atoms with van der Waals surface area (Å²) in [7, 11) is 0. The molecule has 0 radical (unpaired) electrons. The first kappa shape index (κ1) is 81.5. The number of hydrogen-bond acceptors (Lipinski definition) is 19. The number of H-pyrrole nitrogens is 1.